The highest BCUT2D eigenvalue weighted by atomic mass is 16.6. The van der Waals surface area contributed by atoms with Crippen LogP contribution in [-0.4, -0.2) is 30.5 Å². The Morgan fingerprint density at radius 3 is 2.42 bits per heavy atom. The van der Waals surface area contributed by atoms with Gasteiger partial charge in [0.2, 0.25) is 0 Å². The number of hydrogen-bond acceptors (Lipinski definition) is 3. The average molecular weight is 267 g/mol. The van der Waals surface area contributed by atoms with Crippen molar-refractivity contribution in [1.82, 2.24) is 0 Å². The zero-order chi connectivity index (χ0) is 13.1. The lowest BCUT2D eigenvalue weighted by atomic mass is 9.83. The van der Waals surface area contributed by atoms with Gasteiger partial charge in [0.1, 0.15) is 0 Å². The predicted molar refractivity (Wildman–Crippen MR) is 76.1 cm³/mol. The van der Waals surface area contributed by atoms with E-state index in [9.17, 15) is 0 Å². The maximum atomic E-state index is 6.35. The Labute approximate surface area is 117 Å². The second-order valence-corrected chi connectivity index (χ2v) is 6.89. The van der Waals surface area contributed by atoms with Crippen molar-refractivity contribution in [2.45, 2.75) is 94.5 Å². The molecule has 1 spiro atoms. The van der Waals surface area contributed by atoms with Gasteiger partial charge in [-0.25, -0.2) is 0 Å². The Morgan fingerprint density at radius 2 is 1.68 bits per heavy atom. The van der Waals surface area contributed by atoms with Crippen molar-refractivity contribution in [2.75, 3.05) is 6.61 Å². The summed E-state index contributed by atoms with van der Waals surface area (Å²) in [5, 5.41) is 0. The molecule has 1 unspecified atom stereocenters. The second-order valence-electron chi connectivity index (χ2n) is 6.89. The van der Waals surface area contributed by atoms with E-state index in [1.54, 1.807) is 0 Å². The predicted octanol–water partition coefficient (Wildman–Crippen LogP) is 3.15. The summed E-state index contributed by atoms with van der Waals surface area (Å²) in [6, 6.07) is 0.410. The normalized spacial score (nSPS) is 38.7. The molecular formula is C16H29NO2. The van der Waals surface area contributed by atoms with E-state index in [-0.39, 0.29) is 5.60 Å². The van der Waals surface area contributed by atoms with Crippen LogP contribution in [0.3, 0.4) is 0 Å². The van der Waals surface area contributed by atoms with E-state index in [1.165, 1.54) is 44.9 Å². The van der Waals surface area contributed by atoms with Gasteiger partial charge >= 0.3 is 0 Å². The minimum absolute atomic E-state index is 0.237. The van der Waals surface area contributed by atoms with Crippen LogP contribution in [0.15, 0.2) is 0 Å². The van der Waals surface area contributed by atoms with Crippen molar-refractivity contribution in [3.8, 4) is 0 Å². The molecule has 0 aromatic heterocycles. The molecule has 3 nitrogen and oxygen atoms in total. The first-order valence-electron chi connectivity index (χ1n) is 8.31. The molecular weight excluding hydrogens is 238 g/mol. The standard InChI is InChI=1S/C16H29NO2/c17-13-4-6-14(7-5-13)18-12-15-8-11-16(19-15)9-2-1-3-10-16/h13-15H,1-12,17H2. The SMILES string of the molecule is NC1CCC(OCC2CCC3(CCCCC3)O2)CC1. The fraction of sp³-hybridized carbons (Fsp3) is 1.00. The third kappa shape index (κ3) is 3.50. The molecule has 0 bridgehead atoms. The van der Waals surface area contributed by atoms with Gasteiger partial charge in [-0.15, -0.1) is 0 Å². The van der Waals surface area contributed by atoms with Gasteiger partial charge in [-0.3, -0.25) is 0 Å². The third-order valence-corrected chi connectivity index (χ3v) is 5.34. The quantitative estimate of drug-likeness (QED) is 0.854. The maximum Gasteiger partial charge on any atom is 0.0817 e. The van der Waals surface area contributed by atoms with E-state index in [0.29, 0.717) is 18.2 Å². The first kappa shape index (κ1) is 13.8. The summed E-state index contributed by atoms with van der Waals surface area (Å²) in [4.78, 5) is 0. The van der Waals surface area contributed by atoms with Gasteiger partial charge in [-0.05, 0) is 51.4 Å². The van der Waals surface area contributed by atoms with E-state index in [1.807, 2.05) is 0 Å². The number of rotatable bonds is 3. The van der Waals surface area contributed by atoms with Gasteiger partial charge in [-0.2, -0.15) is 0 Å². The molecule has 19 heavy (non-hydrogen) atoms. The number of ether oxygens (including phenoxy) is 2. The highest BCUT2D eigenvalue weighted by Gasteiger charge is 2.40. The van der Waals surface area contributed by atoms with Crippen LogP contribution in [0.25, 0.3) is 0 Å². The lowest BCUT2D eigenvalue weighted by Gasteiger charge is -2.33. The molecule has 1 heterocycles. The zero-order valence-electron chi connectivity index (χ0n) is 12.1. The van der Waals surface area contributed by atoms with Crippen molar-refractivity contribution < 1.29 is 9.47 Å². The highest BCUT2D eigenvalue weighted by molar-refractivity contribution is 4.91. The molecule has 1 aliphatic heterocycles. The molecule has 3 aliphatic rings. The lowest BCUT2D eigenvalue weighted by molar-refractivity contribution is -0.102. The Morgan fingerprint density at radius 1 is 0.947 bits per heavy atom. The van der Waals surface area contributed by atoms with Crippen molar-refractivity contribution in [3.63, 3.8) is 0 Å². The summed E-state index contributed by atoms with van der Waals surface area (Å²) in [6.45, 7) is 0.807. The molecule has 2 saturated carbocycles. The Bertz CT molecular complexity index is 280. The van der Waals surface area contributed by atoms with Gasteiger partial charge in [0.25, 0.3) is 0 Å². The van der Waals surface area contributed by atoms with Gasteiger partial charge in [0, 0.05) is 6.04 Å². The van der Waals surface area contributed by atoms with E-state index >= 15 is 0 Å². The molecule has 2 aliphatic carbocycles. The lowest BCUT2D eigenvalue weighted by Crippen LogP contribution is -2.34. The van der Waals surface area contributed by atoms with Crippen LogP contribution in [-0.2, 0) is 9.47 Å². The topological polar surface area (TPSA) is 44.5 Å². The second kappa shape index (κ2) is 6.11. The molecule has 0 radical (unpaired) electrons. The minimum Gasteiger partial charge on any atom is -0.376 e. The fourth-order valence-corrected chi connectivity index (χ4v) is 4.08. The van der Waals surface area contributed by atoms with Crippen LogP contribution in [0.2, 0.25) is 0 Å². The molecule has 0 amide bonds. The van der Waals surface area contributed by atoms with Gasteiger partial charge < -0.3 is 15.2 Å². The zero-order valence-corrected chi connectivity index (χ0v) is 12.1. The minimum atomic E-state index is 0.237. The Kier molecular flexibility index (Phi) is 4.45. The van der Waals surface area contributed by atoms with Crippen LogP contribution < -0.4 is 5.73 Å². The summed E-state index contributed by atoms with van der Waals surface area (Å²) in [5.41, 5.74) is 6.17. The molecule has 3 heteroatoms. The monoisotopic (exact) mass is 267 g/mol. The molecule has 110 valence electrons. The van der Waals surface area contributed by atoms with Crippen molar-refractivity contribution >= 4 is 0 Å². The molecule has 0 aromatic rings. The molecule has 1 saturated heterocycles. The highest BCUT2D eigenvalue weighted by Crippen LogP contribution is 2.42. The Balaban J connectivity index is 1.39. The van der Waals surface area contributed by atoms with Crippen molar-refractivity contribution in [1.29, 1.82) is 0 Å². The molecule has 3 rings (SSSR count). The van der Waals surface area contributed by atoms with E-state index in [4.69, 9.17) is 15.2 Å². The first-order valence-corrected chi connectivity index (χ1v) is 8.31. The van der Waals surface area contributed by atoms with Crippen LogP contribution in [0.5, 0.6) is 0 Å². The largest absolute Gasteiger partial charge is 0.376 e. The maximum absolute atomic E-state index is 6.35. The van der Waals surface area contributed by atoms with Crippen molar-refractivity contribution in [2.24, 2.45) is 5.73 Å². The number of hydrogen-bond donors (Lipinski definition) is 1. The summed E-state index contributed by atoms with van der Waals surface area (Å²) >= 11 is 0. The summed E-state index contributed by atoms with van der Waals surface area (Å²) in [7, 11) is 0. The van der Waals surface area contributed by atoms with Gasteiger partial charge in [0.05, 0.1) is 24.4 Å². The van der Waals surface area contributed by atoms with E-state index in [0.717, 1.165) is 32.3 Å². The third-order valence-electron chi connectivity index (χ3n) is 5.34. The molecule has 2 N–H and O–H groups in total. The van der Waals surface area contributed by atoms with E-state index in [2.05, 4.69) is 0 Å². The molecule has 0 aromatic carbocycles. The summed E-state index contributed by atoms with van der Waals surface area (Å²) in [6.07, 6.45) is 14.4. The summed E-state index contributed by atoms with van der Waals surface area (Å²) < 4.78 is 12.4. The van der Waals surface area contributed by atoms with Crippen LogP contribution in [0, 0.1) is 0 Å². The first-order chi connectivity index (χ1) is 9.26. The smallest absolute Gasteiger partial charge is 0.0817 e. The van der Waals surface area contributed by atoms with Gasteiger partial charge in [0.15, 0.2) is 0 Å². The Hall–Kier alpha value is -0.120. The summed E-state index contributed by atoms with van der Waals surface area (Å²) in [5.74, 6) is 0. The van der Waals surface area contributed by atoms with E-state index < -0.39 is 0 Å². The molecule has 1 atom stereocenters. The average Bonchev–Trinajstić information content (AvgIpc) is 2.82. The van der Waals surface area contributed by atoms with Crippen molar-refractivity contribution in [3.05, 3.63) is 0 Å². The number of nitrogens with two attached hydrogens (primary N) is 1. The van der Waals surface area contributed by atoms with Crippen LogP contribution in [0.1, 0.15) is 70.6 Å². The van der Waals surface area contributed by atoms with Crippen LogP contribution in [0.4, 0.5) is 0 Å². The molecule has 3 fully saturated rings. The fourth-order valence-electron chi connectivity index (χ4n) is 4.08. The van der Waals surface area contributed by atoms with Crippen LogP contribution >= 0.6 is 0 Å². The van der Waals surface area contributed by atoms with Gasteiger partial charge in [-0.1, -0.05) is 19.3 Å².